The molecule has 2 bridgehead atoms. The third-order valence-electron chi connectivity index (χ3n) is 4.65. The van der Waals surface area contributed by atoms with Gasteiger partial charge in [-0.05, 0) is 43.2 Å². The summed E-state index contributed by atoms with van der Waals surface area (Å²) in [4.78, 5) is 0.453. The summed E-state index contributed by atoms with van der Waals surface area (Å²) in [5.74, 6) is 1.28. The van der Waals surface area contributed by atoms with Crippen molar-refractivity contribution in [1.29, 1.82) is 0 Å². The molecule has 4 heteroatoms. The maximum absolute atomic E-state index is 12.5. The highest BCUT2D eigenvalue weighted by atomic mass is 32.2. The molecule has 1 aromatic carbocycles. The zero-order chi connectivity index (χ0) is 11.6. The van der Waals surface area contributed by atoms with Crippen molar-refractivity contribution in [3.05, 3.63) is 30.3 Å². The first-order valence-corrected chi connectivity index (χ1v) is 7.72. The van der Waals surface area contributed by atoms with Gasteiger partial charge >= 0.3 is 0 Å². The maximum atomic E-state index is 12.5. The van der Waals surface area contributed by atoms with Crippen molar-refractivity contribution < 1.29 is 8.42 Å². The third kappa shape index (κ3) is 1.23. The summed E-state index contributed by atoms with van der Waals surface area (Å²) in [6, 6.07) is 9.50. The average molecular weight is 249 g/mol. The SMILES string of the molecule is O=S(=O)(c1ccccc1)N1[C@@H]2[C@H]3CC[C@@H](C3)[C@H]21. The van der Waals surface area contributed by atoms with Gasteiger partial charge in [0, 0.05) is 12.1 Å². The molecular formula is C13H15NO2S. The Morgan fingerprint density at radius 3 is 2.18 bits per heavy atom. The summed E-state index contributed by atoms with van der Waals surface area (Å²) in [5, 5.41) is 0. The molecule has 4 rings (SSSR count). The van der Waals surface area contributed by atoms with Crippen molar-refractivity contribution in [2.75, 3.05) is 0 Å². The van der Waals surface area contributed by atoms with E-state index in [2.05, 4.69) is 0 Å². The Morgan fingerprint density at radius 2 is 1.59 bits per heavy atom. The first-order chi connectivity index (χ1) is 8.19. The molecule has 1 aliphatic heterocycles. The lowest BCUT2D eigenvalue weighted by atomic mass is 10.0. The predicted octanol–water partition coefficient (Wildman–Crippen LogP) is 1.86. The summed E-state index contributed by atoms with van der Waals surface area (Å²) in [5.41, 5.74) is 0. The Bertz CT molecular complexity index is 538. The fourth-order valence-corrected chi connectivity index (χ4v) is 5.85. The molecular weight excluding hydrogens is 234 g/mol. The van der Waals surface area contributed by atoms with Crippen LogP contribution in [0.5, 0.6) is 0 Å². The summed E-state index contributed by atoms with van der Waals surface area (Å²) in [6.07, 6.45) is 3.72. The van der Waals surface area contributed by atoms with E-state index in [-0.39, 0.29) is 0 Å². The van der Waals surface area contributed by atoms with E-state index >= 15 is 0 Å². The van der Waals surface area contributed by atoms with Gasteiger partial charge in [0.05, 0.1) is 4.90 Å². The van der Waals surface area contributed by atoms with Gasteiger partial charge in [-0.15, -0.1) is 0 Å². The molecule has 0 spiro atoms. The lowest BCUT2D eigenvalue weighted by Crippen LogP contribution is -2.21. The molecule has 0 unspecified atom stereocenters. The fourth-order valence-electron chi connectivity index (χ4n) is 3.93. The number of benzene rings is 1. The smallest absolute Gasteiger partial charge is 0.207 e. The molecule has 90 valence electrons. The minimum atomic E-state index is -3.22. The van der Waals surface area contributed by atoms with Crippen molar-refractivity contribution in [1.82, 2.24) is 4.31 Å². The predicted molar refractivity (Wildman–Crippen MR) is 63.9 cm³/mol. The zero-order valence-corrected chi connectivity index (χ0v) is 10.3. The van der Waals surface area contributed by atoms with Crippen molar-refractivity contribution in [2.45, 2.75) is 36.2 Å². The maximum Gasteiger partial charge on any atom is 0.243 e. The van der Waals surface area contributed by atoms with E-state index in [1.54, 1.807) is 28.6 Å². The summed E-state index contributed by atoms with van der Waals surface area (Å²) < 4.78 is 26.7. The van der Waals surface area contributed by atoms with E-state index in [9.17, 15) is 8.42 Å². The number of piperidine rings is 1. The van der Waals surface area contributed by atoms with Gasteiger partial charge in [0.25, 0.3) is 0 Å². The molecule has 3 aliphatic rings. The number of nitrogens with zero attached hydrogens (tertiary/aromatic N) is 1. The van der Waals surface area contributed by atoms with E-state index in [0.717, 1.165) is 0 Å². The van der Waals surface area contributed by atoms with Crippen LogP contribution in [0.2, 0.25) is 0 Å². The third-order valence-corrected chi connectivity index (χ3v) is 6.56. The molecule has 0 radical (unpaired) electrons. The zero-order valence-electron chi connectivity index (χ0n) is 9.49. The molecule has 1 aromatic rings. The van der Waals surface area contributed by atoms with Gasteiger partial charge in [-0.2, -0.15) is 4.31 Å². The van der Waals surface area contributed by atoms with Gasteiger partial charge < -0.3 is 0 Å². The van der Waals surface area contributed by atoms with E-state index in [4.69, 9.17) is 0 Å². The van der Waals surface area contributed by atoms with Crippen molar-refractivity contribution in [2.24, 2.45) is 11.8 Å². The average Bonchev–Trinajstić information content (AvgIpc) is 2.83. The standard InChI is InChI=1S/C13H15NO2S/c15-17(16,11-4-2-1-3-5-11)14-12-9-6-7-10(8-9)13(12)14/h1-5,9-10,12-13H,6-8H2/t9-,10-,12+,13+/m0/s1. The van der Waals surface area contributed by atoms with Crippen LogP contribution in [-0.2, 0) is 10.0 Å². The molecule has 0 amide bonds. The van der Waals surface area contributed by atoms with Crippen LogP contribution >= 0.6 is 0 Å². The first-order valence-electron chi connectivity index (χ1n) is 6.28. The van der Waals surface area contributed by atoms with Crippen molar-refractivity contribution >= 4 is 10.0 Å². The van der Waals surface area contributed by atoms with Crippen LogP contribution in [0.3, 0.4) is 0 Å². The fraction of sp³-hybridized carbons (Fsp3) is 0.538. The lowest BCUT2D eigenvalue weighted by molar-refractivity contribution is 0.447. The molecule has 2 aliphatic carbocycles. The normalized spacial score (nSPS) is 42.5. The molecule has 0 N–H and O–H groups in total. The molecule has 4 atom stereocenters. The summed E-state index contributed by atoms with van der Waals surface area (Å²) in [7, 11) is -3.22. The Labute approximate surface area is 101 Å². The van der Waals surface area contributed by atoms with Gasteiger partial charge in [0.2, 0.25) is 10.0 Å². The largest absolute Gasteiger partial charge is 0.243 e. The number of rotatable bonds is 2. The molecule has 2 saturated carbocycles. The molecule has 1 heterocycles. The van der Waals surface area contributed by atoms with Crippen LogP contribution < -0.4 is 0 Å². The van der Waals surface area contributed by atoms with Crippen molar-refractivity contribution in [3.8, 4) is 0 Å². The highest BCUT2D eigenvalue weighted by Gasteiger charge is 2.68. The topological polar surface area (TPSA) is 37.1 Å². The lowest BCUT2D eigenvalue weighted by Gasteiger charge is -2.12. The molecule has 3 nitrogen and oxygen atoms in total. The second-order valence-corrected chi connectivity index (χ2v) is 7.31. The second kappa shape index (κ2) is 3.12. The molecule has 0 aromatic heterocycles. The summed E-state index contributed by atoms with van der Waals surface area (Å²) >= 11 is 0. The minimum absolute atomic E-state index is 0.332. The van der Waals surface area contributed by atoms with Crippen LogP contribution in [-0.4, -0.2) is 24.8 Å². The second-order valence-electron chi connectivity index (χ2n) is 5.46. The number of fused-ring (bicyclic) bond motifs is 5. The summed E-state index contributed by atoms with van der Waals surface area (Å²) in [6.45, 7) is 0. The number of sulfonamides is 1. The molecule has 17 heavy (non-hydrogen) atoms. The van der Waals surface area contributed by atoms with Gasteiger partial charge in [-0.1, -0.05) is 18.2 Å². The Balaban J connectivity index is 1.70. The van der Waals surface area contributed by atoms with Crippen LogP contribution in [0.25, 0.3) is 0 Å². The van der Waals surface area contributed by atoms with Crippen molar-refractivity contribution in [3.63, 3.8) is 0 Å². The monoisotopic (exact) mass is 249 g/mol. The van der Waals surface area contributed by atoms with Crippen LogP contribution in [0, 0.1) is 11.8 Å². The van der Waals surface area contributed by atoms with E-state index < -0.39 is 10.0 Å². The molecule has 3 fully saturated rings. The van der Waals surface area contributed by atoms with Gasteiger partial charge in [0.15, 0.2) is 0 Å². The number of hydrogen-bond acceptors (Lipinski definition) is 2. The van der Waals surface area contributed by atoms with Crippen LogP contribution in [0.15, 0.2) is 35.2 Å². The highest BCUT2D eigenvalue weighted by Crippen LogP contribution is 2.60. The van der Waals surface area contributed by atoms with Crippen LogP contribution in [0.1, 0.15) is 19.3 Å². The van der Waals surface area contributed by atoms with Crippen LogP contribution in [0.4, 0.5) is 0 Å². The Morgan fingerprint density at radius 1 is 1.00 bits per heavy atom. The van der Waals surface area contributed by atoms with E-state index in [1.165, 1.54) is 19.3 Å². The minimum Gasteiger partial charge on any atom is -0.207 e. The van der Waals surface area contributed by atoms with Gasteiger partial charge in [0.1, 0.15) is 0 Å². The first kappa shape index (κ1) is 10.1. The Kier molecular flexibility index (Phi) is 1.85. The van der Waals surface area contributed by atoms with E-state index in [1.807, 2.05) is 6.07 Å². The highest BCUT2D eigenvalue weighted by molar-refractivity contribution is 7.89. The Hall–Kier alpha value is -0.870. The number of hydrogen-bond donors (Lipinski definition) is 0. The van der Waals surface area contributed by atoms with Gasteiger partial charge in [-0.3, -0.25) is 0 Å². The quantitative estimate of drug-likeness (QED) is 0.750. The van der Waals surface area contributed by atoms with E-state index in [0.29, 0.717) is 28.8 Å². The van der Waals surface area contributed by atoms with Gasteiger partial charge in [-0.25, -0.2) is 8.42 Å². The molecule has 1 saturated heterocycles.